The van der Waals surface area contributed by atoms with Crippen LogP contribution in [0.25, 0.3) is 0 Å². The summed E-state index contributed by atoms with van der Waals surface area (Å²) in [6, 6.07) is 0. The number of rotatable bonds is 2. The van der Waals surface area contributed by atoms with E-state index in [4.69, 9.17) is 0 Å². The first-order valence-corrected chi connectivity index (χ1v) is 9.45. The van der Waals surface area contributed by atoms with Crippen LogP contribution >= 0.6 is 0 Å². The van der Waals surface area contributed by atoms with Crippen molar-refractivity contribution in [1.82, 2.24) is 0 Å². The zero-order valence-electron chi connectivity index (χ0n) is 20.2. The Morgan fingerprint density at radius 3 is 0.778 bits per heavy atom. The Bertz CT molecular complexity index is 434. The van der Waals surface area contributed by atoms with Gasteiger partial charge in [0.2, 0.25) is 0 Å². The smallest absolute Gasteiger partial charge is 0.845 e. The number of nitrogens with zero attached hydrogens (tertiary/aromatic N) is 2. The monoisotopic (exact) mass is 431 g/mol. The molecule has 0 aliphatic carbocycles. The largest absolute Gasteiger partial charge is 2.00 e. The normalized spacial score (nSPS) is 18.4. The van der Waals surface area contributed by atoms with Gasteiger partial charge in [-0.3, -0.25) is 9.98 Å². The SMILES string of the molecule is CC(C)(C)N=CC(C)([O-])C(C)(C)C.CC(C)(C)N=CC(C)([O-])C(C)(C)C.[Cu+2]. The molecule has 0 aromatic carbocycles. The van der Waals surface area contributed by atoms with Gasteiger partial charge in [0.15, 0.2) is 0 Å². The topological polar surface area (TPSA) is 70.8 Å². The molecule has 5 heteroatoms. The fraction of sp³-hybridized carbons (Fsp3) is 0.909. The Morgan fingerprint density at radius 2 is 0.667 bits per heavy atom. The minimum absolute atomic E-state index is 0. The molecule has 0 aliphatic rings. The molecule has 0 saturated heterocycles. The molecular weight excluding hydrogens is 388 g/mol. The fourth-order valence-electron chi connectivity index (χ4n) is 1.02. The quantitative estimate of drug-likeness (QED) is 0.488. The summed E-state index contributed by atoms with van der Waals surface area (Å²) in [6.45, 7) is 26.9. The molecule has 0 aromatic rings. The van der Waals surface area contributed by atoms with Gasteiger partial charge in [0.25, 0.3) is 0 Å². The molecule has 0 amide bonds. The second kappa shape index (κ2) is 10.0. The summed E-state index contributed by atoms with van der Waals surface area (Å²) in [6.07, 6.45) is 3.10. The van der Waals surface area contributed by atoms with Gasteiger partial charge in [-0.15, -0.1) is 0 Å². The Kier molecular flexibility index (Phi) is 11.7. The maximum atomic E-state index is 12.0. The van der Waals surface area contributed by atoms with Crippen LogP contribution in [0.4, 0.5) is 0 Å². The maximum absolute atomic E-state index is 12.0. The molecular formula is C22H44CuN2O2. The van der Waals surface area contributed by atoms with Gasteiger partial charge in [-0.1, -0.05) is 66.6 Å². The van der Waals surface area contributed by atoms with Crippen molar-refractivity contribution in [3.63, 3.8) is 0 Å². The van der Waals surface area contributed by atoms with Crippen molar-refractivity contribution in [2.24, 2.45) is 20.8 Å². The van der Waals surface area contributed by atoms with Crippen molar-refractivity contribution in [2.75, 3.05) is 0 Å². The summed E-state index contributed by atoms with van der Waals surface area (Å²) < 4.78 is 0. The molecule has 1 radical (unpaired) electrons. The second-order valence-corrected chi connectivity index (χ2v) is 11.6. The predicted octanol–water partition coefficient (Wildman–Crippen LogP) is 4.04. The molecule has 0 spiro atoms. The van der Waals surface area contributed by atoms with Crippen molar-refractivity contribution in [3.05, 3.63) is 0 Å². The van der Waals surface area contributed by atoms with Crippen LogP contribution in [-0.4, -0.2) is 34.7 Å². The van der Waals surface area contributed by atoms with Gasteiger partial charge >= 0.3 is 17.1 Å². The van der Waals surface area contributed by atoms with Crippen LogP contribution in [0.1, 0.15) is 96.9 Å². The van der Waals surface area contributed by atoms with E-state index in [1.807, 2.05) is 83.1 Å². The summed E-state index contributed by atoms with van der Waals surface area (Å²) in [5.74, 6) is 0. The van der Waals surface area contributed by atoms with Crippen molar-refractivity contribution >= 4 is 12.4 Å². The fourth-order valence-corrected chi connectivity index (χ4v) is 1.02. The van der Waals surface area contributed by atoms with Crippen molar-refractivity contribution < 1.29 is 27.3 Å². The average Bonchev–Trinajstić information content (AvgIpc) is 2.31. The van der Waals surface area contributed by atoms with Gasteiger partial charge in [0.1, 0.15) is 0 Å². The Labute approximate surface area is 179 Å². The van der Waals surface area contributed by atoms with Crippen molar-refractivity contribution in [1.29, 1.82) is 0 Å². The molecule has 2 atom stereocenters. The van der Waals surface area contributed by atoms with E-state index in [1.54, 1.807) is 26.3 Å². The summed E-state index contributed by atoms with van der Waals surface area (Å²) in [4.78, 5) is 8.51. The van der Waals surface area contributed by atoms with E-state index < -0.39 is 11.2 Å². The summed E-state index contributed by atoms with van der Waals surface area (Å²) in [7, 11) is 0. The third-order valence-corrected chi connectivity index (χ3v) is 4.37. The maximum Gasteiger partial charge on any atom is 2.00 e. The zero-order valence-corrected chi connectivity index (χ0v) is 21.1. The van der Waals surface area contributed by atoms with E-state index in [1.165, 1.54) is 0 Å². The molecule has 27 heavy (non-hydrogen) atoms. The standard InChI is InChI=1S/2C11H22NO.Cu/c2*1-9(2,3)11(7,13)8-12-10(4,5)6;/h2*8H,1-7H3;/q2*-1;+2. The first-order chi connectivity index (χ1) is 10.9. The van der Waals surface area contributed by atoms with Crippen molar-refractivity contribution in [2.45, 2.75) is 119 Å². The first kappa shape index (κ1) is 31.5. The molecule has 0 N–H and O–H groups in total. The van der Waals surface area contributed by atoms with E-state index in [2.05, 4.69) is 9.98 Å². The molecule has 0 aliphatic heterocycles. The summed E-state index contributed by atoms with van der Waals surface area (Å²) >= 11 is 0. The van der Waals surface area contributed by atoms with Crippen LogP contribution in [0.15, 0.2) is 9.98 Å². The Hall–Kier alpha value is -0.221. The molecule has 0 fully saturated rings. The van der Waals surface area contributed by atoms with Crippen LogP contribution in [0.5, 0.6) is 0 Å². The van der Waals surface area contributed by atoms with E-state index in [-0.39, 0.29) is 39.0 Å². The molecule has 0 bridgehead atoms. The van der Waals surface area contributed by atoms with Crippen LogP contribution < -0.4 is 10.2 Å². The molecule has 0 heterocycles. The molecule has 4 nitrogen and oxygen atoms in total. The van der Waals surface area contributed by atoms with Crippen LogP contribution in [0, 0.1) is 10.8 Å². The van der Waals surface area contributed by atoms with Crippen LogP contribution in [0.2, 0.25) is 0 Å². The molecule has 2 unspecified atom stereocenters. The minimum Gasteiger partial charge on any atom is -0.845 e. The summed E-state index contributed by atoms with van der Waals surface area (Å²) in [5, 5.41) is 24.0. The average molecular weight is 432 g/mol. The first-order valence-electron chi connectivity index (χ1n) is 9.45. The Morgan fingerprint density at radius 1 is 0.481 bits per heavy atom. The molecule has 0 saturated carbocycles. The van der Waals surface area contributed by atoms with Gasteiger partial charge in [-0.2, -0.15) is 0 Å². The van der Waals surface area contributed by atoms with E-state index in [9.17, 15) is 10.2 Å². The minimum atomic E-state index is -1.10. The van der Waals surface area contributed by atoms with Gasteiger partial charge in [0, 0.05) is 0 Å². The number of hydrogen-bond acceptors (Lipinski definition) is 4. The molecule has 0 rings (SSSR count). The van der Waals surface area contributed by atoms with Crippen molar-refractivity contribution in [3.8, 4) is 0 Å². The predicted molar refractivity (Wildman–Crippen MR) is 112 cm³/mol. The van der Waals surface area contributed by atoms with Crippen LogP contribution in [0.3, 0.4) is 0 Å². The second-order valence-electron chi connectivity index (χ2n) is 11.6. The van der Waals surface area contributed by atoms with Gasteiger partial charge in [-0.25, -0.2) is 0 Å². The van der Waals surface area contributed by atoms with Gasteiger partial charge < -0.3 is 10.2 Å². The molecule has 165 valence electrons. The van der Waals surface area contributed by atoms with Crippen LogP contribution in [-0.2, 0) is 17.1 Å². The van der Waals surface area contributed by atoms with Gasteiger partial charge in [0.05, 0.1) is 11.1 Å². The third kappa shape index (κ3) is 14.4. The van der Waals surface area contributed by atoms with Gasteiger partial charge in [-0.05, 0) is 64.8 Å². The van der Waals surface area contributed by atoms with E-state index in [0.29, 0.717) is 0 Å². The number of aliphatic imine (C=N–C) groups is 2. The Balaban J connectivity index is -0.000000411. The number of hydrogen-bond donors (Lipinski definition) is 0. The summed E-state index contributed by atoms with van der Waals surface area (Å²) in [5.41, 5.74) is -3.09. The third-order valence-electron chi connectivity index (χ3n) is 4.37. The van der Waals surface area contributed by atoms with E-state index >= 15 is 0 Å². The van der Waals surface area contributed by atoms with E-state index in [0.717, 1.165) is 0 Å². The molecule has 0 aromatic heterocycles. The zero-order chi connectivity index (χ0) is 21.8.